The van der Waals surface area contributed by atoms with Crippen LogP contribution in [0.15, 0.2) is 18.3 Å². The van der Waals surface area contributed by atoms with Crippen LogP contribution < -0.4 is 4.74 Å². The molecule has 2 aromatic rings. The van der Waals surface area contributed by atoms with Crippen molar-refractivity contribution in [2.24, 2.45) is 0 Å². The molecule has 0 amide bonds. The van der Waals surface area contributed by atoms with Crippen molar-refractivity contribution in [2.75, 3.05) is 7.11 Å². The van der Waals surface area contributed by atoms with Crippen LogP contribution in [0.4, 0.5) is 0 Å². The maximum absolute atomic E-state index is 5.72. The van der Waals surface area contributed by atoms with Crippen LogP contribution in [0, 0.1) is 0 Å². The highest BCUT2D eigenvalue weighted by molar-refractivity contribution is 6.29. The maximum atomic E-state index is 5.72. The Morgan fingerprint density at radius 1 is 1.43 bits per heavy atom. The van der Waals surface area contributed by atoms with Gasteiger partial charge in [-0.1, -0.05) is 11.6 Å². The third-order valence-electron chi connectivity index (χ3n) is 1.71. The number of ether oxygens (including phenoxy) is 1. The molecule has 0 spiro atoms. The molecule has 0 bridgehead atoms. The number of H-pyrrole nitrogens is 1. The molecule has 2 heterocycles. The maximum Gasteiger partial charge on any atom is 0.224 e. The summed E-state index contributed by atoms with van der Waals surface area (Å²) in [5, 5.41) is 10.5. The largest absolute Gasteiger partial charge is 0.480 e. The molecule has 0 unspecified atom stereocenters. The molecule has 0 aliphatic carbocycles. The standard InChI is InChI=1S/C8H7ClN4O/c1-14-8-5(2-3-7(9)11-8)6-4-10-13-12-6/h2-4H,1H3,(H,10,12,13). The van der Waals surface area contributed by atoms with Gasteiger partial charge >= 0.3 is 0 Å². The molecule has 0 saturated carbocycles. The number of nitrogens with one attached hydrogen (secondary N) is 1. The van der Waals surface area contributed by atoms with Gasteiger partial charge in [-0.2, -0.15) is 15.4 Å². The lowest BCUT2D eigenvalue weighted by molar-refractivity contribution is 0.399. The Hall–Kier alpha value is -1.62. The van der Waals surface area contributed by atoms with Gasteiger partial charge in [-0.05, 0) is 12.1 Å². The summed E-state index contributed by atoms with van der Waals surface area (Å²) >= 11 is 5.72. The van der Waals surface area contributed by atoms with Gasteiger partial charge in [0.25, 0.3) is 0 Å². The molecular weight excluding hydrogens is 204 g/mol. The fourth-order valence-electron chi connectivity index (χ4n) is 1.10. The molecular formula is C8H7ClN4O. The Kier molecular flexibility index (Phi) is 2.32. The van der Waals surface area contributed by atoms with E-state index in [1.807, 2.05) is 0 Å². The molecule has 0 fully saturated rings. The van der Waals surface area contributed by atoms with E-state index in [2.05, 4.69) is 20.4 Å². The number of aromatic amines is 1. The summed E-state index contributed by atoms with van der Waals surface area (Å²) in [4.78, 5) is 4.01. The van der Waals surface area contributed by atoms with Crippen LogP contribution in [0.2, 0.25) is 5.15 Å². The number of nitrogens with zero attached hydrogens (tertiary/aromatic N) is 3. The molecule has 0 saturated heterocycles. The second-order valence-electron chi connectivity index (χ2n) is 2.55. The molecule has 1 N–H and O–H groups in total. The normalized spacial score (nSPS) is 10.1. The van der Waals surface area contributed by atoms with Gasteiger partial charge in [0.2, 0.25) is 5.88 Å². The van der Waals surface area contributed by atoms with E-state index in [1.165, 1.54) is 7.11 Å². The van der Waals surface area contributed by atoms with Crippen molar-refractivity contribution in [3.8, 4) is 17.1 Å². The number of hydrogen-bond acceptors (Lipinski definition) is 4. The zero-order chi connectivity index (χ0) is 9.97. The van der Waals surface area contributed by atoms with Gasteiger partial charge in [0.1, 0.15) is 10.8 Å². The number of rotatable bonds is 2. The van der Waals surface area contributed by atoms with Crippen molar-refractivity contribution in [3.05, 3.63) is 23.5 Å². The van der Waals surface area contributed by atoms with Crippen LogP contribution in [0.1, 0.15) is 0 Å². The molecule has 2 aromatic heterocycles. The van der Waals surface area contributed by atoms with E-state index in [4.69, 9.17) is 16.3 Å². The Morgan fingerprint density at radius 3 is 2.93 bits per heavy atom. The van der Waals surface area contributed by atoms with Crippen molar-refractivity contribution in [1.29, 1.82) is 0 Å². The van der Waals surface area contributed by atoms with Gasteiger partial charge < -0.3 is 4.74 Å². The van der Waals surface area contributed by atoms with Crippen molar-refractivity contribution in [2.45, 2.75) is 0 Å². The number of halogens is 1. The fourth-order valence-corrected chi connectivity index (χ4v) is 1.24. The fraction of sp³-hybridized carbons (Fsp3) is 0.125. The quantitative estimate of drug-likeness (QED) is 0.764. The topological polar surface area (TPSA) is 63.7 Å². The minimum absolute atomic E-state index is 0.383. The minimum atomic E-state index is 0.383. The number of hydrogen-bond donors (Lipinski definition) is 1. The van der Waals surface area contributed by atoms with E-state index in [0.29, 0.717) is 16.7 Å². The van der Waals surface area contributed by atoms with Gasteiger partial charge in [0, 0.05) is 0 Å². The smallest absolute Gasteiger partial charge is 0.224 e. The van der Waals surface area contributed by atoms with Crippen molar-refractivity contribution in [3.63, 3.8) is 0 Å². The van der Waals surface area contributed by atoms with E-state index in [1.54, 1.807) is 18.3 Å². The predicted octanol–water partition coefficient (Wildman–Crippen LogP) is 1.53. The Morgan fingerprint density at radius 2 is 2.29 bits per heavy atom. The summed E-state index contributed by atoms with van der Waals surface area (Å²) in [6.45, 7) is 0. The van der Waals surface area contributed by atoms with Crippen molar-refractivity contribution in [1.82, 2.24) is 20.4 Å². The summed E-state index contributed by atoms with van der Waals surface area (Å²) in [6.07, 6.45) is 1.59. The number of methoxy groups -OCH3 is 1. The molecule has 72 valence electrons. The van der Waals surface area contributed by atoms with E-state index >= 15 is 0 Å². The van der Waals surface area contributed by atoms with Gasteiger partial charge in [0.05, 0.1) is 18.9 Å². The lowest BCUT2D eigenvalue weighted by atomic mass is 10.2. The lowest BCUT2D eigenvalue weighted by Crippen LogP contribution is -1.91. The Balaban J connectivity index is 2.53. The number of aromatic nitrogens is 4. The summed E-state index contributed by atoms with van der Waals surface area (Å²) in [6, 6.07) is 3.46. The molecule has 0 aromatic carbocycles. The van der Waals surface area contributed by atoms with Crippen LogP contribution in [-0.2, 0) is 0 Å². The monoisotopic (exact) mass is 210 g/mol. The average Bonchev–Trinajstić information content (AvgIpc) is 2.70. The second kappa shape index (κ2) is 3.63. The summed E-state index contributed by atoms with van der Waals surface area (Å²) in [5.41, 5.74) is 1.43. The zero-order valence-corrected chi connectivity index (χ0v) is 8.12. The molecule has 0 radical (unpaired) electrons. The third-order valence-corrected chi connectivity index (χ3v) is 1.92. The van der Waals surface area contributed by atoms with Crippen LogP contribution in [0.25, 0.3) is 11.3 Å². The minimum Gasteiger partial charge on any atom is -0.480 e. The van der Waals surface area contributed by atoms with Gasteiger partial charge in [-0.25, -0.2) is 4.98 Å². The molecule has 14 heavy (non-hydrogen) atoms. The SMILES string of the molecule is COc1nc(Cl)ccc1-c1cn[nH]n1. The Bertz CT molecular complexity index is 429. The van der Waals surface area contributed by atoms with Crippen LogP contribution in [-0.4, -0.2) is 27.5 Å². The van der Waals surface area contributed by atoms with Gasteiger partial charge in [-0.3, -0.25) is 0 Å². The first-order valence-corrected chi connectivity index (χ1v) is 4.25. The third kappa shape index (κ3) is 1.54. The summed E-state index contributed by atoms with van der Waals surface area (Å²) in [5.74, 6) is 0.436. The average molecular weight is 211 g/mol. The van der Waals surface area contributed by atoms with Gasteiger partial charge in [0.15, 0.2) is 0 Å². The van der Waals surface area contributed by atoms with Crippen molar-refractivity contribution < 1.29 is 4.74 Å². The zero-order valence-electron chi connectivity index (χ0n) is 7.36. The summed E-state index contributed by atoms with van der Waals surface area (Å²) in [7, 11) is 1.53. The molecule has 0 atom stereocenters. The highest BCUT2D eigenvalue weighted by atomic mass is 35.5. The summed E-state index contributed by atoms with van der Waals surface area (Å²) < 4.78 is 5.07. The van der Waals surface area contributed by atoms with Crippen LogP contribution >= 0.6 is 11.6 Å². The Labute approximate surface area is 85.1 Å². The molecule has 6 heteroatoms. The highest BCUT2D eigenvalue weighted by Crippen LogP contribution is 2.26. The second-order valence-corrected chi connectivity index (χ2v) is 2.93. The first kappa shape index (κ1) is 8.96. The number of pyridine rings is 1. The predicted molar refractivity (Wildman–Crippen MR) is 51.2 cm³/mol. The highest BCUT2D eigenvalue weighted by Gasteiger charge is 2.09. The van der Waals surface area contributed by atoms with Crippen LogP contribution in [0.5, 0.6) is 5.88 Å². The van der Waals surface area contributed by atoms with E-state index in [0.717, 1.165) is 5.56 Å². The molecule has 2 rings (SSSR count). The van der Waals surface area contributed by atoms with E-state index in [-0.39, 0.29) is 0 Å². The first-order valence-electron chi connectivity index (χ1n) is 3.88. The van der Waals surface area contributed by atoms with Gasteiger partial charge in [-0.15, -0.1) is 0 Å². The van der Waals surface area contributed by atoms with E-state index in [9.17, 15) is 0 Å². The van der Waals surface area contributed by atoms with E-state index < -0.39 is 0 Å². The van der Waals surface area contributed by atoms with Crippen molar-refractivity contribution >= 4 is 11.6 Å². The molecule has 5 nitrogen and oxygen atoms in total. The van der Waals surface area contributed by atoms with Crippen LogP contribution in [0.3, 0.4) is 0 Å². The molecule has 0 aliphatic heterocycles. The first-order chi connectivity index (χ1) is 6.81. The lowest BCUT2D eigenvalue weighted by Gasteiger charge is -2.03. The molecule has 0 aliphatic rings.